The summed E-state index contributed by atoms with van der Waals surface area (Å²) in [7, 11) is 0. The van der Waals surface area contributed by atoms with Gasteiger partial charge in [-0.1, -0.05) is 26.0 Å². The normalized spacial score (nSPS) is 16.8. The largest absolute Gasteiger partial charge is 0.398 e. The highest BCUT2D eigenvalue weighted by molar-refractivity contribution is 5.82. The number of benzene rings is 1. The van der Waals surface area contributed by atoms with Gasteiger partial charge < -0.3 is 11.5 Å². The van der Waals surface area contributed by atoms with Crippen LogP contribution in [-0.4, -0.2) is 0 Å². The molecule has 0 atom stereocenters. The first-order valence-electron chi connectivity index (χ1n) is 5.24. The SMILES string of the molecule is Cc1c(N)c(C)c2c(c1N)C(C)(C)C=C2. The second-order valence-corrected chi connectivity index (χ2v) is 4.92. The number of hydrogen-bond donors (Lipinski definition) is 2. The molecule has 0 spiro atoms. The van der Waals surface area contributed by atoms with E-state index in [1.54, 1.807) is 0 Å². The zero-order valence-electron chi connectivity index (χ0n) is 9.81. The quantitative estimate of drug-likeness (QED) is 0.635. The average Bonchev–Trinajstić information content (AvgIpc) is 2.48. The van der Waals surface area contributed by atoms with E-state index in [0.29, 0.717) is 0 Å². The maximum atomic E-state index is 6.16. The molecular formula is C13H18N2. The van der Waals surface area contributed by atoms with Crippen molar-refractivity contribution in [2.24, 2.45) is 0 Å². The van der Waals surface area contributed by atoms with E-state index in [1.165, 1.54) is 11.1 Å². The van der Waals surface area contributed by atoms with Gasteiger partial charge in [-0.15, -0.1) is 0 Å². The van der Waals surface area contributed by atoms with Gasteiger partial charge in [0.2, 0.25) is 0 Å². The third-order valence-corrected chi connectivity index (χ3v) is 3.47. The van der Waals surface area contributed by atoms with E-state index in [1.807, 2.05) is 6.92 Å². The molecule has 2 nitrogen and oxygen atoms in total. The Morgan fingerprint density at radius 2 is 1.60 bits per heavy atom. The number of fused-ring (bicyclic) bond motifs is 1. The molecule has 15 heavy (non-hydrogen) atoms. The molecule has 2 rings (SSSR count). The van der Waals surface area contributed by atoms with E-state index in [4.69, 9.17) is 11.5 Å². The van der Waals surface area contributed by atoms with Crippen molar-refractivity contribution in [3.05, 3.63) is 28.3 Å². The number of allylic oxidation sites excluding steroid dienone is 1. The highest BCUT2D eigenvalue weighted by atomic mass is 14.7. The Morgan fingerprint density at radius 3 is 2.20 bits per heavy atom. The lowest BCUT2D eigenvalue weighted by Gasteiger charge is -2.23. The lowest BCUT2D eigenvalue weighted by Crippen LogP contribution is -2.16. The molecule has 1 aliphatic rings. The van der Waals surface area contributed by atoms with Gasteiger partial charge in [0.05, 0.1) is 0 Å². The number of nitrogen functional groups attached to an aromatic ring is 2. The minimum absolute atomic E-state index is 0.0304. The summed E-state index contributed by atoms with van der Waals surface area (Å²) in [5, 5.41) is 0. The summed E-state index contributed by atoms with van der Waals surface area (Å²) in [5.41, 5.74) is 18.5. The van der Waals surface area contributed by atoms with Crippen LogP contribution < -0.4 is 11.5 Å². The van der Waals surface area contributed by atoms with Gasteiger partial charge in [0.25, 0.3) is 0 Å². The zero-order chi connectivity index (χ0) is 11.4. The van der Waals surface area contributed by atoms with Crippen molar-refractivity contribution in [2.45, 2.75) is 33.1 Å². The Hall–Kier alpha value is -1.44. The molecule has 1 aliphatic carbocycles. The van der Waals surface area contributed by atoms with Crippen LogP contribution in [0.4, 0.5) is 11.4 Å². The molecule has 0 aromatic heterocycles. The Morgan fingerprint density at radius 1 is 1.00 bits per heavy atom. The lowest BCUT2D eigenvalue weighted by molar-refractivity contribution is 0.685. The smallest absolute Gasteiger partial charge is 0.0411 e. The van der Waals surface area contributed by atoms with Crippen LogP contribution in [0.1, 0.15) is 36.1 Å². The van der Waals surface area contributed by atoms with Crippen LogP contribution in [0.3, 0.4) is 0 Å². The van der Waals surface area contributed by atoms with Crippen molar-refractivity contribution >= 4 is 17.5 Å². The summed E-state index contributed by atoms with van der Waals surface area (Å²) in [6.45, 7) is 8.42. The van der Waals surface area contributed by atoms with Gasteiger partial charge in [-0.25, -0.2) is 0 Å². The summed E-state index contributed by atoms with van der Waals surface area (Å²) in [6.07, 6.45) is 4.33. The van der Waals surface area contributed by atoms with E-state index < -0.39 is 0 Å². The molecule has 0 heterocycles. The van der Waals surface area contributed by atoms with Crippen LogP contribution in [-0.2, 0) is 5.41 Å². The molecule has 0 unspecified atom stereocenters. The minimum atomic E-state index is 0.0304. The number of hydrogen-bond acceptors (Lipinski definition) is 2. The summed E-state index contributed by atoms with van der Waals surface area (Å²) >= 11 is 0. The molecule has 1 aromatic rings. The fourth-order valence-electron chi connectivity index (χ4n) is 2.37. The molecule has 0 bridgehead atoms. The van der Waals surface area contributed by atoms with Gasteiger partial charge in [-0.05, 0) is 36.1 Å². The molecule has 0 saturated heterocycles. The molecule has 0 radical (unpaired) electrons. The van der Waals surface area contributed by atoms with Crippen molar-refractivity contribution in [1.82, 2.24) is 0 Å². The Bertz CT molecular complexity index is 468. The topological polar surface area (TPSA) is 52.0 Å². The first-order valence-corrected chi connectivity index (χ1v) is 5.24. The van der Waals surface area contributed by atoms with E-state index >= 15 is 0 Å². The molecule has 4 N–H and O–H groups in total. The van der Waals surface area contributed by atoms with Crippen LogP contribution in [0, 0.1) is 13.8 Å². The highest BCUT2D eigenvalue weighted by Gasteiger charge is 2.30. The van der Waals surface area contributed by atoms with Gasteiger partial charge in [-0.3, -0.25) is 0 Å². The first kappa shape index (κ1) is 10.1. The van der Waals surface area contributed by atoms with Crippen molar-refractivity contribution in [3.63, 3.8) is 0 Å². The van der Waals surface area contributed by atoms with E-state index in [9.17, 15) is 0 Å². The fraction of sp³-hybridized carbons (Fsp3) is 0.385. The van der Waals surface area contributed by atoms with Crippen LogP contribution in [0.15, 0.2) is 6.08 Å². The van der Waals surface area contributed by atoms with E-state index in [0.717, 1.165) is 22.5 Å². The summed E-state index contributed by atoms with van der Waals surface area (Å²) in [6, 6.07) is 0. The predicted octanol–water partition coefficient (Wildman–Crippen LogP) is 2.77. The van der Waals surface area contributed by atoms with Gasteiger partial charge in [0.15, 0.2) is 0 Å². The van der Waals surface area contributed by atoms with Crippen LogP contribution in [0.2, 0.25) is 0 Å². The van der Waals surface area contributed by atoms with E-state index in [-0.39, 0.29) is 5.41 Å². The second kappa shape index (κ2) is 2.78. The minimum Gasteiger partial charge on any atom is -0.398 e. The fourth-order valence-corrected chi connectivity index (χ4v) is 2.37. The first-order chi connectivity index (χ1) is 6.86. The molecule has 0 aliphatic heterocycles. The number of anilines is 2. The van der Waals surface area contributed by atoms with Crippen LogP contribution >= 0.6 is 0 Å². The molecule has 0 saturated carbocycles. The maximum absolute atomic E-state index is 6.16. The molecule has 80 valence electrons. The Labute approximate surface area is 91.0 Å². The van der Waals surface area contributed by atoms with Crippen LogP contribution in [0.25, 0.3) is 6.08 Å². The second-order valence-electron chi connectivity index (χ2n) is 4.92. The maximum Gasteiger partial charge on any atom is 0.0411 e. The third-order valence-electron chi connectivity index (χ3n) is 3.47. The summed E-state index contributed by atoms with van der Waals surface area (Å²) in [4.78, 5) is 0. The standard InChI is InChI=1S/C13H18N2/c1-7-9-5-6-13(3,4)10(9)12(15)8(2)11(7)14/h5-6H,14-15H2,1-4H3. The van der Waals surface area contributed by atoms with Crippen molar-refractivity contribution in [2.75, 3.05) is 11.5 Å². The van der Waals surface area contributed by atoms with Gasteiger partial charge >= 0.3 is 0 Å². The highest BCUT2D eigenvalue weighted by Crippen LogP contribution is 2.44. The Kier molecular flexibility index (Phi) is 1.87. The third kappa shape index (κ3) is 1.17. The molecule has 2 heteroatoms. The van der Waals surface area contributed by atoms with Gasteiger partial charge in [0, 0.05) is 16.8 Å². The molecule has 0 amide bonds. The predicted molar refractivity (Wildman–Crippen MR) is 66.8 cm³/mol. The number of rotatable bonds is 0. The number of nitrogens with two attached hydrogens (primary N) is 2. The van der Waals surface area contributed by atoms with Crippen molar-refractivity contribution in [3.8, 4) is 0 Å². The van der Waals surface area contributed by atoms with Gasteiger partial charge in [-0.2, -0.15) is 0 Å². The molecular weight excluding hydrogens is 184 g/mol. The summed E-state index contributed by atoms with van der Waals surface area (Å²) < 4.78 is 0. The Balaban J connectivity index is 2.87. The van der Waals surface area contributed by atoms with Gasteiger partial charge in [0.1, 0.15) is 0 Å². The average molecular weight is 202 g/mol. The zero-order valence-corrected chi connectivity index (χ0v) is 9.81. The lowest BCUT2D eigenvalue weighted by atomic mass is 9.83. The summed E-state index contributed by atoms with van der Waals surface area (Å²) in [5.74, 6) is 0. The molecule has 0 fully saturated rings. The monoisotopic (exact) mass is 202 g/mol. The van der Waals surface area contributed by atoms with Crippen molar-refractivity contribution < 1.29 is 0 Å². The van der Waals surface area contributed by atoms with E-state index in [2.05, 4.69) is 32.9 Å². The van der Waals surface area contributed by atoms with Crippen LogP contribution in [0.5, 0.6) is 0 Å². The molecule has 1 aromatic carbocycles. The van der Waals surface area contributed by atoms with Crippen molar-refractivity contribution in [1.29, 1.82) is 0 Å².